The quantitative estimate of drug-likeness (QED) is 0.607. The van der Waals surface area contributed by atoms with Crippen molar-refractivity contribution in [1.29, 1.82) is 0 Å². The second-order valence-corrected chi connectivity index (χ2v) is 3.95. The van der Waals surface area contributed by atoms with Crippen molar-refractivity contribution in [3.8, 4) is 0 Å². The van der Waals surface area contributed by atoms with E-state index in [9.17, 15) is 4.79 Å². The molecule has 6 heteroatoms. The van der Waals surface area contributed by atoms with Gasteiger partial charge in [-0.25, -0.2) is 4.98 Å². The Labute approximate surface area is 93.1 Å². The Balaban J connectivity index is 2.22. The van der Waals surface area contributed by atoms with Crippen molar-refractivity contribution in [1.82, 2.24) is 10.3 Å². The first-order chi connectivity index (χ1) is 7.22. The fraction of sp³-hybridized carbons (Fsp3) is 0.556. The molecule has 0 aliphatic rings. The van der Waals surface area contributed by atoms with Crippen molar-refractivity contribution in [2.45, 2.75) is 13.3 Å². The Bertz CT molecular complexity index is 313. The van der Waals surface area contributed by atoms with Crippen molar-refractivity contribution >= 4 is 22.4 Å². The van der Waals surface area contributed by atoms with E-state index in [1.165, 1.54) is 6.92 Å². The number of anilines is 1. The summed E-state index contributed by atoms with van der Waals surface area (Å²) >= 11 is 1.56. The molecule has 84 valence electrons. The van der Waals surface area contributed by atoms with Crippen molar-refractivity contribution in [3.63, 3.8) is 0 Å². The number of nitrogens with one attached hydrogen (secondary N) is 2. The SMILES string of the molecule is CC(=O)NCCNc1nc(CCN)cs1. The van der Waals surface area contributed by atoms with Crippen LogP contribution < -0.4 is 16.4 Å². The monoisotopic (exact) mass is 228 g/mol. The molecule has 0 saturated carbocycles. The molecule has 1 amide bonds. The van der Waals surface area contributed by atoms with E-state index in [1.54, 1.807) is 11.3 Å². The van der Waals surface area contributed by atoms with E-state index >= 15 is 0 Å². The standard InChI is InChI=1S/C9H16N4OS/c1-7(14)11-4-5-12-9-13-8(2-3-10)6-15-9/h6H,2-5,10H2,1H3,(H,11,14)(H,12,13). The third-order valence-corrected chi connectivity index (χ3v) is 2.58. The first-order valence-electron chi connectivity index (χ1n) is 4.85. The number of rotatable bonds is 6. The predicted molar refractivity (Wildman–Crippen MR) is 62.0 cm³/mol. The molecule has 0 aliphatic heterocycles. The van der Waals surface area contributed by atoms with E-state index in [0.717, 1.165) is 17.2 Å². The Morgan fingerprint density at radius 2 is 2.40 bits per heavy atom. The molecule has 0 aromatic carbocycles. The van der Waals surface area contributed by atoms with Gasteiger partial charge >= 0.3 is 0 Å². The average Bonchev–Trinajstić information content (AvgIpc) is 2.61. The maximum absolute atomic E-state index is 10.6. The van der Waals surface area contributed by atoms with Crippen LogP contribution in [-0.2, 0) is 11.2 Å². The summed E-state index contributed by atoms with van der Waals surface area (Å²) in [6.07, 6.45) is 0.809. The predicted octanol–water partition coefficient (Wildman–Crippen LogP) is 0.192. The molecule has 0 bridgehead atoms. The van der Waals surface area contributed by atoms with Crippen molar-refractivity contribution < 1.29 is 4.79 Å². The van der Waals surface area contributed by atoms with Gasteiger partial charge in [-0.3, -0.25) is 4.79 Å². The first kappa shape index (κ1) is 11.9. The molecule has 0 atom stereocenters. The number of aromatic nitrogens is 1. The van der Waals surface area contributed by atoms with Crippen molar-refractivity contribution in [3.05, 3.63) is 11.1 Å². The van der Waals surface area contributed by atoms with Crippen molar-refractivity contribution in [2.24, 2.45) is 5.73 Å². The van der Waals surface area contributed by atoms with Gasteiger partial charge in [0.1, 0.15) is 0 Å². The number of carbonyl (C=O) groups excluding carboxylic acids is 1. The third kappa shape index (κ3) is 4.75. The summed E-state index contributed by atoms with van der Waals surface area (Å²) in [7, 11) is 0. The van der Waals surface area contributed by atoms with Gasteiger partial charge in [-0.2, -0.15) is 0 Å². The van der Waals surface area contributed by atoms with Crippen LogP contribution in [0.15, 0.2) is 5.38 Å². The normalized spacial score (nSPS) is 10.0. The first-order valence-corrected chi connectivity index (χ1v) is 5.73. The van der Waals surface area contributed by atoms with Gasteiger partial charge in [0.25, 0.3) is 0 Å². The highest BCUT2D eigenvalue weighted by atomic mass is 32.1. The minimum absolute atomic E-state index is 0.0141. The summed E-state index contributed by atoms with van der Waals surface area (Å²) in [5.41, 5.74) is 6.44. The molecule has 4 N–H and O–H groups in total. The molecule has 0 unspecified atom stereocenters. The second kappa shape index (κ2) is 6.36. The molecule has 1 aromatic heterocycles. The van der Waals surface area contributed by atoms with Crippen molar-refractivity contribution in [2.75, 3.05) is 25.0 Å². The molecule has 1 rings (SSSR count). The van der Waals surface area contributed by atoms with Crippen LogP contribution in [0.25, 0.3) is 0 Å². The van der Waals surface area contributed by atoms with E-state index in [1.807, 2.05) is 5.38 Å². The molecule has 0 fully saturated rings. The van der Waals surface area contributed by atoms with Crippen LogP contribution in [0, 0.1) is 0 Å². The zero-order chi connectivity index (χ0) is 11.1. The van der Waals surface area contributed by atoms with Gasteiger partial charge < -0.3 is 16.4 Å². The summed E-state index contributed by atoms with van der Waals surface area (Å²) in [5.74, 6) is -0.0141. The molecule has 0 saturated heterocycles. The second-order valence-electron chi connectivity index (χ2n) is 3.09. The highest BCUT2D eigenvalue weighted by Crippen LogP contribution is 2.14. The lowest BCUT2D eigenvalue weighted by Gasteiger charge is -2.02. The van der Waals surface area contributed by atoms with Gasteiger partial charge in [-0.15, -0.1) is 11.3 Å². The number of amides is 1. The van der Waals surface area contributed by atoms with Gasteiger partial charge in [-0.1, -0.05) is 0 Å². The highest BCUT2D eigenvalue weighted by molar-refractivity contribution is 7.13. The lowest BCUT2D eigenvalue weighted by atomic mass is 10.3. The molecule has 1 aromatic rings. The van der Waals surface area contributed by atoms with E-state index in [0.29, 0.717) is 19.6 Å². The lowest BCUT2D eigenvalue weighted by Crippen LogP contribution is -2.26. The summed E-state index contributed by atoms with van der Waals surface area (Å²) in [5, 5.41) is 8.71. The average molecular weight is 228 g/mol. The Kier molecular flexibility index (Phi) is 5.06. The van der Waals surface area contributed by atoms with Crippen LogP contribution in [-0.4, -0.2) is 30.5 Å². The van der Waals surface area contributed by atoms with Crippen LogP contribution in [0.1, 0.15) is 12.6 Å². The maximum Gasteiger partial charge on any atom is 0.216 e. The fourth-order valence-corrected chi connectivity index (χ4v) is 1.83. The van der Waals surface area contributed by atoms with Gasteiger partial charge in [0.05, 0.1) is 5.69 Å². The topological polar surface area (TPSA) is 80.0 Å². The molecule has 5 nitrogen and oxygen atoms in total. The van der Waals surface area contributed by atoms with E-state index in [-0.39, 0.29) is 5.91 Å². The molecule has 0 radical (unpaired) electrons. The van der Waals surface area contributed by atoms with E-state index in [2.05, 4.69) is 15.6 Å². The number of hydrogen-bond acceptors (Lipinski definition) is 5. The van der Waals surface area contributed by atoms with Crippen LogP contribution in [0.4, 0.5) is 5.13 Å². The Morgan fingerprint density at radius 3 is 3.07 bits per heavy atom. The lowest BCUT2D eigenvalue weighted by molar-refractivity contribution is -0.118. The zero-order valence-corrected chi connectivity index (χ0v) is 9.56. The highest BCUT2D eigenvalue weighted by Gasteiger charge is 1.99. The number of hydrogen-bond donors (Lipinski definition) is 3. The van der Waals surface area contributed by atoms with E-state index < -0.39 is 0 Å². The zero-order valence-electron chi connectivity index (χ0n) is 8.75. The fourth-order valence-electron chi connectivity index (χ4n) is 1.06. The largest absolute Gasteiger partial charge is 0.360 e. The summed E-state index contributed by atoms with van der Waals surface area (Å²) in [6.45, 7) is 3.42. The summed E-state index contributed by atoms with van der Waals surface area (Å²) in [4.78, 5) is 14.9. The van der Waals surface area contributed by atoms with E-state index in [4.69, 9.17) is 5.73 Å². The van der Waals surface area contributed by atoms with Gasteiger partial charge in [0.15, 0.2) is 5.13 Å². The number of nitrogens with zero attached hydrogens (tertiary/aromatic N) is 1. The Hall–Kier alpha value is -1.14. The van der Waals surface area contributed by atoms with Crippen LogP contribution in [0.3, 0.4) is 0 Å². The molecule has 0 aliphatic carbocycles. The molecule has 0 spiro atoms. The van der Waals surface area contributed by atoms with Gasteiger partial charge in [0, 0.05) is 31.8 Å². The van der Waals surface area contributed by atoms with Gasteiger partial charge in [-0.05, 0) is 6.54 Å². The Morgan fingerprint density at radius 1 is 1.60 bits per heavy atom. The number of thiazole rings is 1. The maximum atomic E-state index is 10.6. The molecule has 1 heterocycles. The molecule has 15 heavy (non-hydrogen) atoms. The summed E-state index contributed by atoms with van der Waals surface area (Å²) in [6, 6.07) is 0. The minimum atomic E-state index is -0.0141. The molecular weight excluding hydrogens is 212 g/mol. The smallest absolute Gasteiger partial charge is 0.216 e. The number of carbonyl (C=O) groups is 1. The summed E-state index contributed by atoms with van der Waals surface area (Å²) < 4.78 is 0. The van der Waals surface area contributed by atoms with Crippen LogP contribution in [0.5, 0.6) is 0 Å². The van der Waals surface area contributed by atoms with Crippen LogP contribution in [0.2, 0.25) is 0 Å². The minimum Gasteiger partial charge on any atom is -0.360 e. The van der Waals surface area contributed by atoms with Gasteiger partial charge in [0.2, 0.25) is 5.91 Å². The number of nitrogens with two attached hydrogens (primary N) is 1. The molecular formula is C9H16N4OS. The third-order valence-electron chi connectivity index (χ3n) is 1.73. The van der Waals surface area contributed by atoms with Crippen LogP contribution >= 0.6 is 11.3 Å².